The van der Waals surface area contributed by atoms with Crippen molar-refractivity contribution in [1.29, 1.82) is 0 Å². The van der Waals surface area contributed by atoms with E-state index in [0.717, 1.165) is 5.69 Å². The van der Waals surface area contributed by atoms with Crippen LogP contribution in [0.2, 0.25) is 5.02 Å². The van der Waals surface area contributed by atoms with Crippen LogP contribution in [0.25, 0.3) is 0 Å². The summed E-state index contributed by atoms with van der Waals surface area (Å²) in [6.45, 7) is 4.52. The molecule has 1 heterocycles. The molecule has 1 unspecified atom stereocenters. The van der Waals surface area contributed by atoms with Crippen molar-refractivity contribution in [2.75, 3.05) is 12.8 Å². The van der Waals surface area contributed by atoms with Gasteiger partial charge in [-0.3, -0.25) is 9.78 Å². The zero-order valence-corrected chi connectivity index (χ0v) is 11.2. The van der Waals surface area contributed by atoms with Crippen LogP contribution >= 0.6 is 23.4 Å². The highest BCUT2D eigenvalue weighted by molar-refractivity contribution is 7.99. The fourth-order valence-corrected chi connectivity index (χ4v) is 1.65. The number of halogens is 1. The van der Waals surface area contributed by atoms with Crippen molar-refractivity contribution < 1.29 is 4.79 Å². The molecule has 0 fully saturated rings. The number of hydrogen-bond donors (Lipinski definition) is 1. The van der Waals surface area contributed by atoms with E-state index in [1.807, 2.05) is 13.2 Å². The number of nitrogens with zero attached hydrogens (tertiary/aromatic N) is 1. The monoisotopic (exact) mass is 258 g/mol. The van der Waals surface area contributed by atoms with E-state index in [2.05, 4.69) is 17.2 Å². The number of carbonyl (C=O) groups excluding carboxylic acids is 1. The van der Waals surface area contributed by atoms with Crippen molar-refractivity contribution in [3.8, 4) is 0 Å². The lowest BCUT2D eigenvalue weighted by molar-refractivity contribution is 0.0954. The second kappa shape index (κ2) is 6.11. The van der Waals surface area contributed by atoms with Gasteiger partial charge in [0.15, 0.2) is 0 Å². The fraction of sp³-hybridized carbons (Fsp3) is 0.455. The van der Waals surface area contributed by atoms with Gasteiger partial charge in [-0.25, -0.2) is 0 Å². The maximum atomic E-state index is 11.8. The van der Waals surface area contributed by atoms with Crippen LogP contribution in [0.5, 0.6) is 0 Å². The van der Waals surface area contributed by atoms with Crippen LogP contribution in [0, 0.1) is 6.92 Å². The summed E-state index contributed by atoms with van der Waals surface area (Å²) in [4.78, 5) is 15.8. The first-order valence-electron chi connectivity index (χ1n) is 4.97. The zero-order valence-electron chi connectivity index (χ0n) is 9.58. The highest BCUT2D eigenvalue weighted by Crippen LogP contribution is 2.15. The molecule has 0 aliphatic heterocycles. The number of amides is 1. The average molecular weight is 259 g/mol. The van der Waals surface area contributed by atoms with Gasteiger partial charge < -0.3 is 5.32 Å². The van der Waals surface area contributed by atoms with Crippen molar-refractivity contribution >= 4 is 29.3 Å². The van der Waals surface area contributed by atoms with Crippen LogP contribution < -0.4 is 5.32 Å². The van der Waals surface area contributed by atoms with E-state index in [1.165, 1.54) is 6.20 Å². The summed E-state index contributed by atoms with van der Waals surface area (Å²) < 4.78 is 0. The molecule has 0 aliphatic carbocycles. The first-order valence-corrected chi connectivity index (χ1v) is 6.64. The number of nitrogens with one attached hydrogen (secondary N) is 1. The van der Waals surface area contributed by atoms with Crippen molar-refractivity contribution in [3.05, 3.63) is 28.5 Å². The van der Waals surface area contributed by atoms with Gasteiger partial charge in [-0.15, -0.1) is 0 Å². The van der Waals surface area contributed by atoms with E-state index in [0.29, 0.717) is 22.4 Å². The van der Waals surface area contributed by atoms with Crippen LogP contribution in [0.4, 0.5) is 0 Å². The molecule has 16 heavy (non-hydrogen) atoms. The molecule has 3 nitrogen and oxygen atoms in total. The van der Waals surface area contributed by atoms with Crippen molar-refractivity contribution in [2.45, 2.75) is 19.1 Å². The Morgan fingerprint density at radius 2 is 2.38 bits per heavy atom. The van der Waals surface area contributed by atoms with E-state index in [-0.39, 0.29) is 5.91 Å². The molecular formula is C11H15ClN2OS. The lowest BCUT2D eigenvalue weighted by atomic mass is 10.2. The van der Waals surface area contributed by atoms with Gasteiger partial charge in [0.1, 0.15) is 0 Å². The van der Waals surface area contributed by atoms with Crippen LogP contribution in [0.15, 0.2) is 12.3 Å². The Hall–Kier alpha value is -0.740. The minimum atomic E-state index is -0.168. The third-order valence-electron chi connectivity index (χ3n) is 2.19. The first-order chi connectivity index (χ1) is 7.54. The maximum absolute atomic E-state index is 11.8. The number of rotatable bonds is 4. The number of hydrogen-bond acceptors (Lipinski definition) is 3. The topological polar surface area (TPSA) is 42.0 Å². The molecule has 0 radical (unpaired) electrons. The molecule has 0 saturated heterocycles. The van der Waals surface area contributed by atoms with Gasteiger partial charge in [0.05, 0.1) is 10.6 Å². The van der Waals surface area contributed by atoms with Gasteiger partial charge in [-0.1, -0.05) is 18.5 Å². The second-order valence-corrected chi connectivity index (χ2v) is 5.25. The Balaban J connectivity index is 2.66. The van der Waals surface area contributed by atoms with E-state index < -0.39 is 0 Å². The molecule has 1 aromatic heterocycles. The molecule has 0 aliphatic rings. The first kappa shape index (κ1) is 13.3. The summed E-state index contributed by atoms with van der Waals surface area (Å²) in [5.74, 6) is -0.168. The third-order valence-corrected chi connectivity index (χ3v) is 3.47. The molecule has 88 valence electrons. The van der Waals surface area contributed by atoms with Crippen molar-refractivity contribution in [2.24, 2.45) is 0 Å². The lowest BCUT2D eigenvalue weighted by Crippen LogP contribution is -2.29. The number of pyridine rings is 1. The quantitative estimate of drug-likeness (QED) is 0.902. The number of aromatic nitrogens is 1. The van der Waals surface area contributed by atoms with Gasteiger partial charge in [0.25, 0.3) is 5.91 Å². The second-order valence-electron chi connectivity index (χ2n) is 3.56. The van der Waals surface area contributed by atoms with Gasteiger partial charge in [-0.2, -0.15) is 11.8 Å². The molecule has 1 N–H and O–H groups in total. The molecule has 0 spiro atoms. The molecule has 1 aromatic rings. The fourth-order valence-electron chi connectivity index (χ4n) is 1.11. The smallest absolute Gasteiger partial charge is 0.254 e. The average Bonchev–Trinajstić information content (AvgIpc) is 2.25. The van der Waals surface area contributed by atoms with Crippen LogP contribution in [0.3, 0.4) is 0 Å². The van der Waals surface area contributed by atoms with E-state index in [1.54, 1.807) is 17.8 Å². The molecule has 5 heteroatoms. The highest BCUT2D eigenvalue weighted by atomic mass is 35.5. The Morgan fingerprint density at radius 3 is 2.94 bits per heavy atom. The summed E-state index contributed by atoms with van der Waals surface area (Å²) in [7, 11) is 0. The summed E-state index contributed by atoms with van der Waals surface area (Å²) in [5, 5.41) is 3.66. The Kier molecular flexibility index (Phi) is 5.09. The minimum absolute atomic E-state index is 0.168. The predicted molar refractivity (Wildman–Crippen MR) is 69.3 cm³/mol. The number of thioether (sulfide) groups is 1. The standard InChI is InChI=1S/C11H15ClN2OS/c1-7-4-10(12)9(6-13-7)11(15)14-5-8(2)16-3/h4,6,8H,5H2,1-3H3,(H,14,15). The predicted octanol–water partition coefficient (Wildman–Crippen LogP) is 2.52. The largest absolute Gasteiger partial charge is 0.351 e. The van der Waals surface area contributed by atoms with E-state index in [4.69, 9.17) is 11.6 Å². The van der Waals surface area contributed by atoms with Crippen LogP contribution in [-0.2, 0) is 0 Å². The van der Waals surface area contributed by atoms with Gasteiger partial charge >= 0.3 is 0 Å². The summed E-state index contributed by atoms with van der Waals surface area (Å²) in [6, 6.07) is 1.69. The SMILES string of the molecule is CSC(C)CNC(=O)c1cnc(C)cc1Cl. The number of aryl methyl sites for hydroxylation is 1. The van der Waals surface area contributed by atoms with E-state index >= 15 is 0 Å². The molecule has 1 atom stereocenters. The lowest BCUT2D eigenvalue weighted by Gasteiger charge is -2.10. The van der Waals surface area contributed by atoms with Gasteiger partial charge in [-0.05, 0) is 19.2 Å². The van der Waals surface area contributed by atoms with E-state index in [9.17, 15) is 4.79 Å². The third kappa shape index (κ3) is 3.68. The summed E-state index contributed by atoms with van der Waals surface area (Å²) >= 11 is 7.67. The van der Waals surface area contributed by atoms with Gasteiger partial charge in [0.2, 0.25) is 0 Å². The Bertz CT molecular complexity index is 384. The van der Waals surface area contributed by atoms with Crippen molar-refractivity contribution in [1.82, 2.24) is 10.3 Å². The summed E-state index contributed by atoms with van der Waals surface area (Å²) in [5.41, 5.74) is 1.24. The maximum Gasteiger partial charge on any atom is 0.254 e. The number of carbonyl (C=O) groups is 1. The normalized spacial score (nSPS) is 12.2. The molecule has 1 rings (SSSR count). The van der Waals surface area contributed by atoms with Gasteiger partial charge in [0, 0.05) is 23.7 Å². The van der Waals surface area contributed by atoms with Crippen molar-refractivity contribution in [3.63, 3.8) is 0 Å². The highest BCUT2D eigenvalue weighted by Gasteiger charge is 2.11. The molecule has 0 aromatic carbocycles. The minimum Gasteiger partial charge on any atom is -0.351 e. The Morgan fingerprint density at radius 1 is 1.69 bits per heavy atom. The molecule has 0 bridgehead atoms. The molecule has 1 amide bonds. The van der Waals surface area contributed by atoms with Crippen LogP contribution in [-0.4, -0.2) is 28.9 Å². The molecule has 0 saturated carbocycles. The van der Waals surface area contributed by atoms with Crippen LogP contribution in [0.1, 0.15) is 23.0 Å². The zero-order chi connectivity index (χ0) is 12.1. The molecular weight excluding hydrogens is 244 g/mol. The Labute approximate surface area is 105 Å². The summed E-state index contributed by atoms with van der Waals surface area (Å²) in [6.07, 6.45) is 3.52.